The molecule has 0 saturated heterocycles. The van der Waals surface area contributed by atoms with Gasteiger partial charge in [-0.3, -0.25) is 0 Å². The van der Waals surface area contributed by atoms with Crippen molar-refractivity contribution in [2.45, 2.75) is 25.9 Å². The van der Waals surface area contributed by atoms with E-state index in [0.717, 1.165) is 5.56 Å². The zero-order chi connectivity index (χ0) is 16.3. The Morgan fingerprint density at radius 2 is 2.14 bits per heavy atom. The fourth-order valence-corrected chi connectivity index (χ4v) is 2.27. The first kappa shape index (κ1) is 15.6. The van der Waals surface area contributed by atoms with Gasteiger partial charge in [0.15, 0.2) is 11.5 Å². The molecule has 1 aromatic carbocycles. The number of aromatic hydroxyl groups is 1. The highest BCUT2D eigenvalue weighted by Gasteiger charge is 2.33. The summed E-state index contributed by atoms with van der Waals surface area (Å²) in [6, 6.07) is 6.81. The first-order valence-electron chi connectivity index (χ1n) is 6.78. The smallest absolute Gasteiger partial charge is 0.349 e. The highest BCUT2D eigenvalue weighted by atomic mass is 16.6. The molecule has 1 aliphatic heterocycles. The molecule has 1 aliphatic rings. The number of cyclic esters (lactones) is 1. The lowest BCUT2D eigenvalue weighted by Gasteiger charge is -2.30. The molecular weight excluding hydrogens is 282 g/mol. The second kappa shape index (κ2) is 5.94. The second-order valence-electron chi connectivity index (χ2n) is 5.60. The van der Waals surface area contributed by atoms with Crippen LogP contribution in [0.15, 0.2) is 35.4 Å². The van der Waals surface area contributed by atoms with Crippen LogP contribution >= 0.6 is 0 Å². The molecule has 0 atom stereocenters. The minimum absolute atomic E-state index is 0.0290. The van der Waals surface area contributed by atoms with Crippen LogP contribution in [0.2, 0.25) is 0 Å². The van der Waals surface area contributed by atoms with Gasteiger partial charge in [-0.2, -0.15) is 5.26 Å². The SMILES string of the molecule is COc1cc(/C=C/C2=C(C#N)C(=O)OC(C)(C)C2)ccc1O. The number of allylic oxidation sites excluding steroid dienone is 1. The Bertz CT molecular complexity index is 708. The minimum Gasteiger partial charge on any atom is -0.504 e. The fourth-order valence-electron chi connectivity index (χ4n) is 2.27. The Morgan fingerprint density at radius 3 is 2.77 bits per heavy atom. The summed E-state index contributed by atoms with van der Waals surface area (Å²) in [7, 11) is 1.47. The summed E-state index contributed by atoms with van der Waals surface area (Å²) in [6.07, 6.45) is 3.96. The number of nitriles is 1. The number of carbonyl (C=O) groups is 1. The first-order valence-corrected chi connectivity index (χ1v) is 6.78. The number of rotatable bonds is 3. The third-order valence-electron chi connectivity index (χ3n) is 3.30. The molecule has 0 bridgehead atoms. The molecule has 0 amide bonds. The number of hydrogen-bond acceptors (Lipinski definition) is 5. The number of benzene rings is 1. The molecule has 5 heteroatoms. The Morgan fingerprint density at radius 1 is 1.41 bits per heavy atom. The van der Waals surface area contributed by atoms with Gasteiger partial charge >= 0.3 is 5.97 Å². The molecular formula is C17H17NO4. The molecule has 5 nitrogen and oxygen atoms in total. The van der Waals surface area contributed by atoms with Crippen molar-refractivity contribution in [3.05, 3.63) is 41.0 Å². The minimum atomic E-state index is -0.635. The van der Waals surface area contributed by atoms with E-state index in [0.29, 0.717) is 17.7 Å². The summed E-state index contributed by atoms with van der Waals surface area (Å²) in [6.45, 7) is 3.60. The van der Waals surface area contributed by atoms with E-state index in [1.165, 1.54) is 13.2 Å². The third kappa shape index (κ3) is 3.29. The van der Waals surface area contributed by atoms with Crippen molar-refractivity contribution in [1.82, 2.24) is 0 Å². The van der Waals surface area contributed by atoms with Crippen LogP contribution < -0.4 is 4.74 Å². The number of esters is 1. The van der Waals surface area contributed by atoms with Gasteiger partial charge in [0, 0.05) is 6.42 Å². The quantitative estimate of drug-likeness (QED) is 0.868. The van der Waals surface area contributed by atoms with E-state index in [-0.39, 0.29) is 11.3 Å². The molecule has 0 unspecified atom stereocenters. The maximum Gasteiger partial charge on any atom is 0.349 e. The van der Waals surface area contributed by atoms with Crippen molar-refractivity contribution >= 4 is 12.0 Å². The van der Waals surface area contributed by atoms with Gasteiger partial charge in [-0.1, -0.05) is 18.2 Å². The molecule has 0 spiro atoms. The van der Waals surface area contributed by atoms with Crippen LogP contribution in [0.3, 0.4) is 0 Å². The van der Waals surface area contributed by atoms with Crippen molar-refractivity contribution < 1.29 is 19.4 Å². The first-order chi connectivity index (χ1) is 10.4. The molecule has 22 heavy (non-hydrogen) atoms. The van der Waals surface area contributed by atoms with Crippen LogP contribution in [-0.2, 0) is 9.53 Å². The molecule has 0 fully saturated rings. The van der Waals surface area contributed by atoms with Gasteiger partial charge in [-0.25, -0.2) is 4.79 Å². The van der Waals surface area contributed by atoms with E-state index >= 15 is 0 Å². The summed E-state index contributed by atoms with van der Waals surface area (Å²) < 4.78 is 10.3. The van der Waals surface area contributed by atoms with Crippen molar-refractivity contribution in [3.8, 4) is 17.6 Å². The van der Waals surface area contributed by atoms with Gasteiger partial charge in [-0.05, 0) is 37.1 Å². The Hall–Kier alpha value is -2.74. The van der Waals surface area contributed by atoms with Crippen LogP contribution in [0, 0.1) is 11.3 Å². The molecule has 0 aromatic heterocycles. The zero-order valence-electron chi connectivity index (χ0n) is 12.7. The number of methoxy groups -OCH3 is 1. The number of phenols is 1. The van der Waals surface area contributed by atoms with E-state index in [1.54, 1.807) is 38.1 Å². The number of carbonyl (C=O) groups excluding carboxylic acids is 1. The number of ether oxygens (including phenoxy) is 2. The Balaban J connectivity index is 2.35. The predicted octanol–water partition coefficient (Wildman–Crippen LogP) is 2.96. The van der Waals surface area contributed by atoms with Crippen LogP contribution in [0.1, 0.15) is 25.8 Å². The van der Waals surface area contributed by atoms with Crippen LogP contribution in [0.25, 0.3) is 6.08 Å². The van der Waals surface area contributed by atoms with E-state index in [2.05, 4.69) is 0 Å². The number of nitrogens with zero attached hydrogens (tertiary/aromatic N) is 1. The van der Waals surface area contributed by atoms with E-state index < -0.39 is 11.6 Å². The summed E-state index contributed by atoms with van der Waals surface area (Å²) in [5, 5.41) is 18.7. The van der Waals surface area contributed by atoms with Crippen molar-refractivity contribution in [2.75, 3.05) is 7.11 Å². The summed E-state index contributed by atoms with van der Waals surface area (Å²) in [4.78, 5) is 11.8. The summed E-state index contributed by atoms with van der Waals surface area (Å²) >= 11 is 0. The molecule has 114 valence electrons. The molecule has 1 aromatic rings. The monoisotopic (exact) mass is 299 g/mol. The van der Waals surface area contributed by atoms with Crippen molar-refractivity contribution in [2.24, 2.45) is 0 Å². The van der Waals surface area contributed by atoms with E-state index in [9.17, 15) is 9.90 Å². The van der Waals surface area contributed by atoms with Crippen LogP contribution in [0.5, 0.6) is 11.5 Å². The lowest BCUT2D eigenvalue weighted by Crippen LogP contribution is -2.33. The topological polar surface area (TPSA) is 79.5 Å². The van der Waals surface area contributed by atoms with Crippen molar-refractivity contribution in [3.63, 3.8) is 0 Å². The Labute approximate surface area is 129 Å². The molecule has 2 rings (SSSR count). The van der Waals surface area contributed by atoms with Gasteiger partial charge in [-0.15, -0.1) is 0 Å². The van der Waals surface area contributed by atoms with Gasteiger partial charge in [0.1, 0.15) is 17.2 Å². The summed E-state index contributed by atoms with van der Waals surface area (Å²) in [5.74, 6) is -0.180. The van der Waals surface area contributed by atoms with Gasteiger partial charge in [0.05, 0.1) is 7.11 Å². The largest absolute Gasteiger partial charge is 0.504 e. The molecule has 1 heterocycles. The molecule has 0 aliphatic carbocycles. The average molecular weight is 299 g/mol. The lowest BCUT2D eigenvalue weighted by molar-refractivity contribution is -0.152. The maximum atomic E-state index is 11.8. The third-order valence-corrected chi connectivity index (χ3v) is 3.30. The van der Waals surface area contributed by atoms with E-state index in [4.69, 9.17) is 14.7 Å². The number of phenolic OH excluding ortho intramolecular Hbond substituents is 1. The van der Waals surface area contributed by atoms with E-state index in [1.807, 2.05) is 6.07 Å². The summed E-state index contributed by atoms with van der Waals surface area (Å²) in [5.41, 5.74) is 0.817. The second-order valence-corrected chi connectivity index (χ2v) is 5.60. The predicted molar refractivity (Wildman–Crippen MR) is 81.1 cm³/mol. The standard InChI is InChI=1S/C17H17NO4/c1-17(2)9-12(13(10-18)16(20)22-17)6-4-11-5-7-14(19)15(8-11)21-3/h4-8,19H,9H2,1-3H3/b6-4+. The fraction of sp³-hybridized carbons (Fsp3) is 0.294. The average Bonchev–Trinajstić information content (AvgIpc) is 2.45. The normalized spacial score (nSPS) is 17.3. The van der Waals surface area contributed by atoms with Crippen molar-refractivity contribution in [1.29, 1.82) is 5.26 Å². The van der Waals surface area contributed by atoms with Gasteiger partial charge in [0.25, 0.3) is 0 Å². The zero-order valence-corrected chi connectivity index (χ0v) is 12.7. The number of hydrogen-bond donors (Lipinski definition) is 1. The molecule has 0 radical (unpaired) electrons. The highest BCUT2D eigenvalue weighted by molar-refractivity contribution is 5.95. The molecule has 1 N–H and O–H groups in total. The van der Waals surface area contributed by atoms with Crippen LogP contribution in [0.4, 0.5) is 0 Å². The maximum absolute atomic E-state index is 11.8. The Kier molecular flexibility index (Phi) is 4.22. The van der Waals surface area contributed by atoms with Gasteiger partial charge < -0.3 is 14.6 Å². The highest BCUT2D eigenvalue weighted by Crippen LogP contribution is 2.31. The van der Waals surface area contributed by atoms with Gasteiger partial charge in [0.2, 0.25) is 0 Å². The molecule has 0 saturated carbocycles. The van der Waals surface area contributed by atoms with Crippen LogP contribution in [-0.4, -0.2) is 23.8 Å². The lowest BCUT2D eigenvalue weighted by atomic mass is 9.91.